The first-order valence-corrected chi connectivity index (χ1v) is 14.8. The van der Waals surface area contributed by atoms with E-state index in [-0.39, 0.29) is 35.8 Å². The number of hydrogen-bond donors (Lipinski definition) is 2. The van der Waals surface area contributed by atoms with Crippen molar-refractivity contribution in [3.8, 4) is 0 Å². The van der Waals surface area contributed by atoms with Crippen molar-refractivity contribution in [1.29, 1.82) is 0 Å². The number of carbonyl (C=O) groups excluding carboxylic acids is 4. The number of ether oxygens (including phenoxy) is 2. The van der Waals surface area contributed by atoms with Gasteiger partial charge in [-0.1, -0.05) is 50.3 Å². The minimum Gasteiger partial charge on any atom is -0.450 e. The molecule has 1 aromatic heterocycles. The second kappa shape index (κ2) is 10.2. The molecule has 3 fully saturated rings. The number of H-pyrrole nitrogens is 1. The van der Waals surface area contributed by atoms with Crippen molar-refractivity contribution in [1.82, 2.24) is 10.3 Å². The van der Waals surface area contributed by atoms with Crippen molar-refractivity contribution in [3.05, 3.63) is 72.0 Å². The van der Waals surface area contributed by atoms with Gasteiger partial charge in [-0.2, -0.15) is 0 Å². The Labute approximate surface area is 245 Å². The molecule has 8 heteroatoms. The van der Waals surface area contributed by atoms with Gasteiger partial charge in [-0.05, 0) is 67.9 Å². The van der Waals surface area contributed by atoms with Crippen LogP contribution in [-0.2, 0) is 35.1 Å². The van der Waals surface area contributed by atoms with Crippen molar-refractivity contribution in [2.45, 2.75) is 71.3 Å². The van der Waals surface area contributed by atoms with Gasteiger partial charge < -0.3 is 19.8 Å². The smallest absolute Gasteiger partial charge is 0.303 e. The van der Waals surface area contributed by atoms with Crippen LogP contribution in [0.4, 0.5) is 0 Å². The molecule has 2 N–H and O–H groups in total. The number of aromatic nitrogens is 1. The summed E-state index contributed by atoms with van der Waals surface area (Å²) in [7, 11) is 0. The van der Waals surface area contributed by atoms with E-state index >= 15 is 0 Å². The van der Waals surface area contributed by atoms with Crippen molar-refractivity contribution < 1.29 is 28.7 Å². The second-order valence-electron chi connectivity index (χ2n) is 12.7. The number of epoxide rings is 1. The maximum Gasteiger partial charge on any atom is 0.303 e. The standard InChI is InChI=1S/C34H38N2O6/c1-18-9-8-11-24-31-33(5,42-31)20(3)29-26(16-22-17-35-25-12-7-6-10-23(22)25)36-32(40)34(24,29)28(39)14-13-27(38)30(19(2)15-18)41-21(4)37/h6-8,10-15,17-18,20,24,26,29-31,35H,9,16H2,1-5H3,(H,36,40)/b11-8+,14-13-,19-15?/t18-,20-,24-,26-,29-,30+,31-,33+,34+/m0/s1. The van der Waals surface area contributed by atoms with Gasteiger partial charge in [0, 0.05) is 41.9 Å². The summed E-state index contributed by atoms with van der Waals surface area (Å²) in [4.78, 5) is 57.2. The number of ketones is 2. The summed E-state index contributed by atoms with van der Waals surface area (Å²) in [6, 6.07) is 7.72. The molecule has 2 aliphatic heterocycles. The highest BCUT2D eigenvalue weighted by Crippen LogP contribution is 2.66. The first kappa shape index (κ1) is 28.3. The first-order chi connectivity index (χ1) is 20.0. The highest BCUT2D eigenvalue weighted by atomic mass is 16.6. The van der Waals surface area contributed by atoms with Crippen LogP contribution in [-0.4, -0.2) is 52.3 Å². The summed E-state index contributed by atoms with van der Waals surface area (Å²) in [5.41, 5.74) is 0.774. The van der Waals surface area contributed by atoms with E-state index in [9.17, 15) is 19.2 Å². The third kappa shape index (κ3) is 4.30. The second-order valence-corrected chi connectivity index (χ2v) is 12.7. The number of para-hydroxylation sites is 1. The summed E-state index contributed by atoms with van der Waals surface area (Å²) in [5.74, 6) is -2.80. The average molecular weight is 571 g/mol. The number of aromatic amines is 1. The molecule has 4 aliphatic rings. The van der Waals surface area contributed by atoms with Crippen LogP contribution < -0.4 is 5.32 Å². The number of nitrogens with one attached hydrogen (secondary N) is 2. The molecule has 2 saturated heterocycles. The third-order valence-electron chi connectivity index (χ3n) is 10.1. The highest BCUT2D eigenvalue weighted by molar-refractivity contribution is 6.15. The Kier molecular flexibility index (Phi) is 6.88. The topological polar surface area (TPSA) is 118 Å². The number of esters is 1. The molecule has 42 heavy (non-hydrogen) atoms. The minimum atomic E-state index is -1.44. The van der Waals surface area contributed by atoms with Gasteiger partial charge in [-0.3, -0.25) is 19.2 Å². The molecular formula is C34H38N2O6. The van der Waals surface area contributed by atoms with Gasteiger partial charge in [0.05, 0.1) is 11.7 Å². The molecule has 0 radical (unpaired) electrons. The first-order valence-electron chi connectivity index (χ1n) is 14.8. The Morgan fingerprint density at radius 2 is 1.90 bits per heavy atom. The predicted molar refractivity (Wildman–Crippen MR) is 157 cm³/mol. The van der Waals surface area contributed by atoms with Gasteiger partial charge in [-0.15, -0.1) is 0 Å². The molecule has 220 valence electrons. The number of amides is 1. The number of rotatable bonds is 3. The van der Waals surface area contributed by atoms with Gasteiger partial charge >= 0.3 is 5.97 Å². The summed E-state index contributed by atoms with van der Waals surface area (Å²) in [5, 5.41) is 4.32. The number of fused-ring (bicyclic) bond motifs is 3. The van der Waals surface area contributed by atoms with Gasteiger partial charge in [0.25, 0.3) is 0 Å². The highest BCUT2D eigenvalue weighted by Gasteiger charge is 2.78. The van der Waals surface area contributed by atoms with E-state index in [2.05, 4.69) is 30.2 Å². The molecule has 2 aromatic rings. The molecule has 3 heterocycles. The fraction of sp³-hybridized carbons (Fsp3) is 0.471. The maximum absolute atomic E-state index is 14.4. The summed E-state index contributed by atoms with van der Waals surface area (Å²) < 4.78 is 11.7. The Morgan fingerprint density at radius 3 is 2.67 bits per heavy atom. The zero-order chi connectivity index (χ0) is 30.0. The van der Waals surface area contributed by atoms with Crippen LogP contribution in [0.15, 0.2) is 66.4 Å². The van der Waals surface area contributed by atoms with Crippen LogP contribution in [0.25, 0.3) is 10.9 Å². The molecule has 1 amide bonds. The van der Waals surface area contributed by atoms with Crippen molar-refractivity contribution in [2.24, 2.45) is 29.1 Å². The fourth-order valence-electron chi connectivity index (χ4n) is 7.97. The molecule has 8 nitrogen and oxygen atoms in total. The van der Waals surface area contributed by atoms with E-state index in [1.54, 1.807) is 6.92 Å². The third-order valence-corrected chi connectivity index (χ3v) is 10.1. The molecule has 1 aromatic carbocycles. The van der Waals surface area contributed by atoms with E-state index in [4.69, 9.17) is 9.47 Å². The van der Waals surface area contributed by atoms with E-state index in [0.29, 0.717) is 18.4 Å². The molecule has 0 unspecified atom stereocenters. The van der Waals surface area contributed by atoms with Crippen LogP contribution in [0.3, 0.4) is 0 Å². The lowest BCUT2D eigenvalue weighted by atomic mass is 9.51. The maximum atomic E-state index is 14.4. The van der Waals surface area contributed by atoms with E-state index in [1.165, 1.54) is 19.1 Å². The normalized spacial score (nSPS) is 39.4. The Bertz CT molecular complexity index is 1570. The Hall–Kier alpha value is -3.78. The van der Waals surface area contributed by atoms with Crippen LogP contribution in [0.5, 0.6) is 0 Å². The van der Waals surface area contributed by atoms with Crippen molar-refractivity contribution >= 4 is 34.3 Å². The van der Waals surface area contributed by atoms with Gasteiger partial charge in [0.1, 0.15) is 5.41 Å². The molecule has 6 rings (SSSR count). The van der Waals surface area contributed by atoms with E-state index < -0.39 is 40.6 Å². The van der Waals surface area contributed by atoms with Crippen LogP contribution in [0.1, 0.15) is 46.6 Å². The summed E-state index contributed by atoms with van der Waals surface area (Å²) in [6.07, 6.45) is 10.1. The Morgan fingerprint density at radius 1 is 1.14 bits per heavy atom. The lowest BCUT2D eigenvalue weighted by Crippen LogP contribution is -2.58. The molecule has 1 spiro atoms. The predicted octanol–water partition coefficient (Wildman–Crippen LogP) is 4.40. The number of hydrogen-bond acceptors (Lipinski definition) is 6. The van der Waals surface area contributed by atoms with Crippen LogP contribution in [0, 0.1) is 29.1 Å². The molecule has 0 bridgehead atoms. The van der Waals surface area contributed by atoms with E-state index in [0.717, 1.165) is 16.5 Å². The lowest BCUT2D eigenvalue weighted by Gasteiger charge is -2.45. The van der Waals surface area contributed by atoms with Crippen LogP contribution in [0.2, 0.25) is 0 Å². The van der Waals surface area contributed by atoms with Gasteiger partial charge in [0.15, 0.2) is 11.9 Å². The minimum absolute atomic E-state index is 0.0281. The van der Waals surface area contributed by atoms with Crippen molar-refractivity contribution in [3.63, 3.8) is 0 Å². The summed E-state index contributed by atoms with van der Waals surface area (Å²) >= 11 is 0. The monoisotopic (exact) mass is 570 g/mol. The number of carbonyl (C=O) groups is 4. The SMILES string of the molecule is CC(=O)O[C@H]1C(=O)/C=C\C(=O)[C@@]23C(=O)N[C@@H](Cc4c[nH]c5ccccc45)[C@@H]2[C@H](C)[C@@]2(C)O[C@H]2[C@@H]3/C=C/C[C@H](C)C=C1C. The van der Waals surface area contributed by atoms with Gasteiger partial charge in [-0.25, -0.2) is 0 Å². The Balaban J connectivity index is 1.45. The van der Waals surface area contributed by atoms with Crippen LogP contribution >= 0.6 is 0 Å². The zero-order valence-corrected chi connectivity index (χ0v) is 24.7. The number of benzene rings is 1. The van der Waals surface area contributed by atoms with E-state index in [1.807, 2.05) is 49.5 Å². The molecule has 2 aliphatic carbocycles. The molecule has 9 atom stereocenters. The number of allylic oxidation sites excluding steroid dienone is 3. The van der Waals surface area contributed by atoms with Crippen molar-refractivity contribution in [2.75, 3.05) is 0 Å². The molecule has 1 saturated carbocycles. The van der Waals surface area contributed by atoms with Gasteiger partial charge in [0.2, 0.25) is 11.7 Å². The molecular weight excluding hydrogens is 532 g/mol. The quantitative estimate of drug-likeness (QED) is 0.244. The summed E-state index contributed by atoms with van der Waals surface area (Å²) in [6.45, 7) is 9.17. The largest absolute Gasteiger partial charge is 0.450 e. The average Bonchev–Trinajstić information content (AvgIpc) is 3.35. The fourth-order valence-corrected chi connectivity index (χ4v) is 7.97. The lowest BCUT2D eigenvalue weighted by molar-refractivity contribution is -0.149. The zero-order valence-electron chi connectivity index (χ0n) is 24.7.